The molecule has 0 heterocycles. The molecule has 0 atom stereocenters. The van der Waals surface area contributed by atoms with Crippen LogP contribution in [0.5, 0.6) is 0 Å². The molecule has 0 aliphatic heterocycles. The summed E-state index contributed by atoms with van der Waals surface area (Å²) < 4.78 is 17.9. The molecular formula is C25H53O3P. The molecule has 0 N–H and O–H groups in total. The quantitative estimate of drug-likeness (QED) is 0.106. The summed E-state index contributed by atoms with van der Waals surface area (Å²) in [4.78, 5) is 0. The van der Waals surface area contributed by atoms with Gasteiger partial charge in [-0.25, -0.2) is 0 Å². The van der Waals surface area contributed by atoms with E-state index in [1.54, 1.807) is 0 Å². The van der Waals surface area contributed by atoms with Gasteiger partial charge in [0.1, 0.15) is 0 Å². The Bertz CT molecular complexity index is 271. The smallest absolute Gasteiger partial charge is 0.312 e. The van der Waals surface area contributed by atoms with E-state index in [0.717, 1.165) is 39.1 Å². The van der Waals surface area contributed by atoms with Crippen molar-refractivity contribution in [3.63, 3.8) is 0 Å². The lowest BCUT2D eigenvalue weighted by molar-refractivity contribution is 0.153. The molecule has 0 aromatic heterocycles. The minimum atomic E-state index is -1.15. The second-order valence-electron chi connectivity index (χ2n) is 8.38. The minimum Gasteiger partial charge on any atom is -0.312 e. The lowest BCUT2D eigenvalue weighted by atomic mass is 10.1. The summed E-state index contributed by atoms with van der Waals surface area (Å²) in [6.07, 6.45) is 24.6. The van der Waals surface area contributed by atoms with Crippen molar-refractivity contribution in [2.45, 2.75) is 143 Å². The number of unbranched alkanes of at least 4 members (excludes halogenated alkanes) is 16. The Morgan fingerprint density at radius 2 is 0.586 bits per heavy atom. The predicted molar refractivity (Wildman–Crippen MR) is 130 cm³/mol. The van der Waals surface area contributed by atoms with E-state index in [-0.39, 0.29) is 0 Å². The lowest BCUT2D eigenvalue weighted by Crippen LogP contribution is -2.00. The Kier molecular flexibility index (Phi) is 26.6. The fourth-order valence-electron chi connectivity index (χ4n) is 3.35. The van der Waals surface area contributed by atoms with Crippen LogP contribution in [0.25, 0.3) is 0 Å². The van der Waals surface area contributed by atoms with Crippen molar-refractivity contribution in [3.05, 3.63) is 0 Å². The van der Waals surface area contributed by atoms with Gasteiger partial charge in [0.15, 0.2) is 0 Å². The highest BCUT2D eigenvalue weighted by Gasteiger charge is 2.12. The van der Waals surface area contributed by atoms with E-state index in [1.165, 1.54) is 103 Å². The first-order valence-electron chi connectivity index (χ1n) is 13.0. The Morgan fingerprint density at radius 1 is 0.345 bits per heavy atom. The monoisotopic (exact) mass is 432 g/mol. The molecule has 0 radical (unpaired) electrons. The van der Waals surface area contributed by atoms with E-state index < -0.39 is 8.60 Å². The second-order valence-corrected chi connectivity index (χ2v) is 9.60. The van der Waals surface area contributed by atoms with Crippen LogP contribution in [0.2, 0.25) is 0 Å². The molecule has 0 unspecified atom stereocenters. The molecule has 0 bridgehead atoms. The molecule has 0 aromatic rings. The van der Waals surface area contributed by atoms with Crippen LogP contribution in [0, 0.1) is 0 Å². The zero-order valence-electron chi connectivity index (χ0n) is 20.2. The number of rotatable bonds is 25. The molecule has 176 valence electrons. The van der Waals surface area contributed by atoms with E-state index in [4.69, 9.17) is 13.6 Å². The van der Waals surface area contributed by atoms with Gasteiger partial charge in [-0.3, -0.25) is 0 Å². The average Bonchev–Trinajstić information content (AvgIpc) is 2.73. The van der Waals surface area contributed by atoms with Crippen molar-refractivity contribution in [1.82, 2.24) is 0 Å². The largest absolute Gasteiger partial charge is 0.332 e. The van der Waals surface area contributed by atoms with Gasteiger partial charge >= 0.3 is 8.60 Å². The molecule has 3 nitrogen and oxygen atoms in total. The third-order valence-corrected chi connectivity index (χ3v) is 6.51. The third kappa shape index (κ3) is 24.5. The van der Waals surface area contributed by atoms with E-state index in [9.17, 15) is 0 Å². The van der Waals surface area contributed by atoms with E-state index in [2.05, 4.69) is 20.8 Å². The summed E-state index contributed by atoms with van der Waals surface area (Å²) in [6.45, 7) is 9.15. The zero-order valence-corrected chi connectivity index (χ0v) is 21.1. The maximum Gasteiger partial charge on any atom is 0.332 e. The summed E-state index contributed by atoms with van der Waals surface area (Å²) in [7, 11) is -1.15. The predicted octanol–water partition coefficient (Wildman–Crippen LogP) is 9.73. The Hall–Kier alpha value is 0.310. The lowest BCUT2D eigenvalue weighted by Gasteiger charge is -2.17. The van der Waals surface area contributed by atoms with Crippen LogP contribution in [0.4, 0.5) is 0 Å². The van der Waals surface area contributed by atoms with E-state index in [1.807, 2.05) is 0 Å². The van der Waals surface area contributed by atoms with Crippen LogP contribution in [-0.4, -0.2) is 19.8 Å². The highest BCUT2D eigenvalue weighted by atomic mass is 31.2. The van der Waals surface area contributed by atoms with Gasteiger partial charge < -0.3 is 13.6 Å². The topological polar surface area (TPSA) is 27.7 Å². The first-order valence-corrected chi connectivity index (χ1v) is 14.1. The first-order chi connectivity index (χ1) is 14.3. The number of hydrogen-bond acceptors (Lipinski definition) is 3. The highest BCUT2D eigenvalue weighted by molar-refractivity contribution is 7.41. The van der Waals surface area contributed by atoms with Gasteiger partial charge in [-0.05, 0) is 19.3 Å². The van der Waals surface area contributed by atoms with Crippen molar-refractivity contribution in [2.75, 3.05) is 19.8 Å². The van der Waals surface area contributed by atoms with Crippen molar-refractivity contribution >= 4 is 8.60 Å². The summed E-state index contributed by atoms with van der Waals surface area (Å²) in [5.41, 5.74) is 0. The van der Waals surface area contributed by atoms with Crippen LogP contribution >= 0.6 is 8.60 Å². The van der Waals surface area contributed by atoms with Crippen LogP contribution in [0.1, 0.15) is 143 Å². The maximum atomic E-state index is 5.98. The third-order valence-electron chi connectivity index (χ3n) is 5.33. The molecule has 0 saturated heterocycles. The Labute approximate surface area is 185 Å². The van der Waals surface area contributed by atoms with Crippen molar-refractivity contribution < 1.29 is 13.6 Å². The van der Waals surface area contributed by atoms with Crippen LogP contribution in [0.15, 0.2) is 0 Å². The van der Waals surface area contributed by atoms with Gasteiger partial charge in [0, 0.05) is 0 Å². The van der Waals surface area contributed by atoms with Crippen LogP contribution in [0.3, 0.4) is 0 Å². The Balaban J connectivity index is 3.80. The highest BCUT2D eigenvalue weighted by Crippen LogP contribution is 2.40. The Morgan fingerprint density at radius 3 is 0.862 bits per heavy atom. The minimum absolute atomic E-state index is 0.783. The van der Waals surface area contributed by atoms with Gasteiger partial charge in [-0.2, -0.15) is 0 Å². The zero-order chi connectivity index (χ0) is 21.3. The second kappa shape index (κ2) is 26.3. The molecule has 29 heavy (non-hydrogen) atoms. The van der Waals surface area contributed by atoms with Crippen molar-refractivity contribution in [2.24, 2.45) is 0 Å². The normalized spacial score (nSPS) is 11.6. The van der Waals surface area contributed by atoms with Gasteiger partial charge in [-0.1, -0.05) is 124 Å². The van der Waals surface area contributed by atoms with Gasteiger partial charge in [0.05, 0.1) is 19.8 Å². The maximum absolute atomic E-state index is 5.98. The standard InChI is InChI=1S/C25H53O3P/c1-4-7-10-13-16-19-22-25-28-29(26-23-20-17-14-11-8-5-2)27-24-21-18-15-12-9-6-3/h4-25H2,1-3H3. The molecule has 0 aliphatic rings. The fourth-order valence-corrected chi connectivity index (χ4v) is 4.41. The molecule has 0 fully saturated rings. The van der Waals surface area contributed by atoms with E-state index >= 15 is 0 Å². The van der Waals surface area contributed by atoms with E-state index in [0.29, 0.717) is 0 Å². The first kappa shape index (κ1) is 29.3. The summed E-state index contributed by atoms with van der Waals surface area (Å²) >= 11 is 0. The average molecular weight is 433 g/mol. The van der Waals surface area contributed by atoms with Crippen LogP contribution < -0.4 is 0 Å². The molecule has 0 aliphatic carbocycles. The molecule has 0 amide bonds. The summed E-state index contributed by atoms with van der Waals surface area (Å²) in [5, 5.41) is 0. The van der Waals surface area contributed by atoms with Crippen LogP contribution in [-0.2, 0) is 13.6 Å². The summed E-state index contributed by atoms with van der Waals surface area (Å²) in [6, 6.07) is 0. The van der Waals surface area contributed by atoms with Gasteiger partial charge in [-0.15, -0.1) is 0 Å². The van der Waals surface area contributed by atoms with Crippen molar-refractivity contribution in [3.8, 4) is 0 Å². The molecule has 0 rings (SSSR count). The SMILES string of the molecule is CCCCCCCCCOP(OCCCCCCCC)OCCCCCCCC. The molecule has 0 spiro atoms. The summed E-state index contributed by atoms with van der Waals surface area (Å²) in [5.74, 6) is 0. The van der Waals surface area contributed by atoms with Crippen molar-refractivity contribution in [1.29, 1.82) is 0 Å². The fraction of sp³-hybridized carbons (Fsp3) is 1.00. The van der Waals surface area contributed by atoms with Gasteiger partial charge in [0.25, 0.3) is 0 Å². The molecule has 4 heteroatoms. The molecule has 0 aromatic carbocycles. The van der Waals surface area contributed by atoms with Gasteiger partial charge in [0.2, 0.25) is 0 Å². The molecular weight excluding hydrogens is 379 g/mol. The molecule has 0 saturated carbocycles. The number of hydrogen-bond donors (Lipinski definition) is 0.